The number of imidazole rings is 2. The average Bonchev–Trinajstić information content (AvgIpc) is 3.98. The Morgan fingerprint density at radius 2 is 1.41 bits per heavy atom. The highest BCUT2D eigenvalue weighted by Gasteiger charge is 2.50. The summed E-state index contributed by atoms with van der Waals surface area (Å²) in [5.74, 6) is -2.33. The highest BCUT2D eigenvalue weighted by Crippen LogP contribution is 2.41. The molecule has 0 spiro atoms. The van der Waals surface area contributed by atoms with Crippen LogP contribution in [0.2, 0.25) is 0 Å². The molecule has 3 amide bonds. The van der Waals surface area contributed by atoms with Gasteiger partial charge in [-0.2, -0.15) is 0 Å². The zero-order valence-corrected chi connectivity index (χ0v) is 32.4. The molecule has 2 aliphatic rings. The van der Waals surface area contributed by atoms with Crippen molar-refractivity contribution in [2.24, 2.45) is 5.92 Å². The average molecular weight is 768 g/mol. The fourth-order valence-corrected chi connectivity index (χ4v) is 7.51. The minimum absolute atomic E-state index is 0.117. The monoisotopic (exact) mass is 767 g/mol. The van der Waals surface area contributed by atoms with Crippen LogP contribution >= 0.6 is 0 Å². The highest BCUT2D eigenvalue weighted by molar-refractivity contribution is 5.91. The van der Waals surface area contributed by atoms with Crippen LogP contribution in [0.4, 0.5) is 18.4 Å². The number of likely N-dealkylation sites (tertiary alicyclic amines) is 2. The maximum Gasteiger partial charge on any atom is 0.411 e. The Morgan fingerprint density at radius 3 is 2.04 bits per heavy atom. The van der Waals surface area contributed by atoms with Crippen LogP contribution < -0.4 is 5.32 Å². The van der Waals surface area contributed by atoms with Crippen LogP contribution in [0.3, 0.4) is 0 Å². The van der Waals surface area contributed by atoms with E-state index in [1.165, 1.54) is 7.11 Å². The van der Waals surface area contributed by atoms with E-state index < -0.39 is 48.8 Å². The number of nitrogens with one attached hydrogen (secondary N) is 3. The van der Waals surface area contributed by atoms with Crippen molar-refractivity contribution in [1.29, 1.82) is 0 Å². The quantitative estimate of drug-likeness (QED) is 0.143. The number of H-pyrrole nitrogens is 2. The van der Waals surface area contributed by atoms with Gasteiger partial charge in [-0.15, -0.1) is 0 Å². The van der Waals surface area contributed by atoms with Gasteiger partial charge in [-0.25, -0.2) is 28.3 Å². The van der Waals surface area contributed by atoms with Gasteiger partial charge in [-0.05, 0) is 79.1 Å². The second kappa shape index (κ2) is 15.0. The lowest BCUT2D eigenvalue weighted by Crippen LogP contribution is -2.51. The maximum absolute atomic E-state index is 14.5. The van der Waals surface area contributed by atoms with E-state index in [1.54, 1.807) is 38.1 Å². The van der Waals surface area contributed by atoms with Gasteiger partial charge >= 0.3 is 12.2 Å². The SMILES string of the molecule is COC(=O)N[C@H](C(=O)N1CCC[C@H]1c1ncc(-c2ccc3cc(-c4ccc(-c5cnc([C@@H]6CC(F)(F)CN6C(=O)OC(C)(C)C)[nH]5)cc4)ccc3c2)[nH]1)C(C)C. The Morgan fingerprint density at radius 1 is 0.839 bits per heavy atom. The van der Waals surface area contributed by atoms with Crippen molar-refractivity contribution in [2.45, 2.75) is 83.5 Å². The first-order valence-corrected chi connectivity index (χ1v) is 18.9. The number of benzene rings is 3. The minimum Gasteiger partial charge on any atom is -0.453 e. The summed E-state index contributed by atoms with van der Waals surface area (Å²) in [7, 11) is 1.28. The first-order valence-electron chi connectivity index (χ1n) is 18.9. The maximum atomic E-state index is 14.5. The molecule has 56 heavy (non-hydrogen) atoms. The normalized spacial score (nSPS) is 18.7. The minimum atomic E-state index is -3.05. The zero-order chi connectivity index (χ0) is 39.9. The molecule has 294 valence electrons. The summed E-state index contributed by atoms with van der Waals surface area (Å²) in [6.45, 7) is 8.73. The van der Waals surface area contributed by atoms with E-state index in [0.717, 1.165) is 56.5 Å². The summed E-state index contributed by atoms with van der Waals surface area (Å²) < 4.78 is 39.2. The van der Waals surface area contributed by atoms with Gasteiger partial charge in [0.05, 0.1) is 49.5 Å². The van der Waals surface area contributed by atoms with Gasteiger partial charge in [-0.1, -0.05) is 62.4 Å². The first kappa shape index (κ1) is 38.5. The second-order valence-corrected chi connectivity index (χ2v) is 15.9. The molecule has 2 fully saturated rings. The molecule has 0 aliphatic carbocycles. The Bertz CT molecular complexity index is 2240. The standard InChI is InChI=1S/C42H47F2N7O5/c1-24(2)35(49-39(53)55-6)38(52)50-17-7-8-33(50)36-45-22-32(48-36)30-16-15-28-18-27(13-14-29(28)19-30)25-9-11-26(12-10-25)31-21-46-37(47-31)34-20-42(43,44)23-51(34)40(54)56-41(3,4)5/h9-16,18-19,21-22,24,33-35H,7-8,17,20,23H2,1-6H3,(H,45,48)(H,46,47)(H,49,53)/t33-,34-,35-/m0/s1. The number of alkyl carbamates (subject to hydrolysis) is 1. The molecule has 2 aliphatic heterocycles. The molecule has 0 bridgehead atoms. The summed E-state index contributed by atoms with van der Waals surface area (Å²) in [5, 5.41) is 4.79. The number of nitrogens with zero attached hydrogens (tertiary/aromatic N) is 4. The predicted molar refractivity (Wildman–Crippen MR) is 208 cm³/mol. The Balaban J connectivity index is 1.04. The number of methoxy groups -OCH3 is 1. The van der Waals surface area contributed by atoms with Crippen molar-refractivity contribution in [1.82, 2.24) is 35.1 Å². The number of aromatic amines is 2. The number of fused-ring (bicyclic) bond motifs is 1. The molecule has 3 N–H and O–H groups in total. The topological polar surface area (TPSA) is 146 Å². The van der Waals surface area contributed by atoms with Crippen molar-refractivity contribution in [3.05, 3.63) is 84.7 Å². The summed E-state index contributed by atoms with van der Waals surface area (Å²) in [5.41, 5.74) is 4.50. The van der Waals surface area contributed by atoms with Gasteiger partial charge in [0.1, 0.15) is 23.3 Å². The smallest absolute Gasteiger partial charge is 0.411 e. The molecular formula is C42H47F2N7O5. The molecule has 0 saturated carbocycles. The third kappa shape index (κ3) is 8.10. The summed E-state index contributed by atoms with van der Waals surface area (Å²) >= 11 is 0. The van der Waals surface area contributed by atoms with Crippen LogP contribution in [0.1, 0.15) is 77.6 Å². The van der Waals surface area contributed by atoms with Crippen molar-refractivity contribution >= 4 is 28.9 Å². The van der Waals surface area contributed by atoms with E-state index >= 15 is 0 Å². The Kier molecular flexibility index (Phi) is 10.3. The molecule has 7 rings (SSSR count). The summed E-state index contributed by atoms with van der Waals surface area (Å²) in [6, 6.07) is 18.5. The first-order chi connectivity index (χ1) is 26.6. The number of hydrogen-bond donors (Lipinski definition) is 3. The van der Waals surface area contributed by atoms with Gasteiger partial charge in [-0.3, -0.25) is 9.69 Å². The molecule has 12 nitrogen and oxygen atoms in total. The fraction of sp³-hybridized carbons (Fsp3) is 0.405. The van der Waals surface area contributed by atoms with Crippen LogP contribution in [0, 0.1) is 5.92 Å². The number of hydrogen-bond acceptors (Lipinski definition) is 7. The third-order valence-corrected chi connectivity index (χ3v) is 10.3. The van der Waals surface area contributed by atoms with Crippen molar-refractivity contribution in [2.75, 3.05) is 20.2 Å². The molecule has 5 aromatic rings. The number of alkyl halides is 2. The molecule has 3 atom stereocenters. The number of aromatic nitrogens is 4. The van der Waals surface area contributed by atoms with Gasteiger partial charge in [0.25, 0.3) is 5.92 Å². The van der Waals surface area contributed by atoms with Gasteiger partial charge in [0.15, 0.2) is 0 Å². The molecule has 0 radical (unpaired) electrons. The Hall–Kier alpha value is -5.79. The van der Waals surface area contributed by atoms with Crippen LogP contribution in [-0.4, -0.2) is 85.6 Å². The lowest BCUT2D eigenvalue weighted by Gasteiger charge is -2.30. The van der Waals surface area contributed by atoms with Gasteiger partial charge in [0.2, 0.25) is 5.91 Å². The third-order valence-electron chi connectivity index (χ3n) is 10.3. The van der Waals surface area contributed by atoms with E-state index in [-0.39, 0.29) is 23.7 Å². The molecule has 14 heteroatoms. The number of carbonyl (C=O) groups excluding carboxylic acids is 3. The zero-order valence-electron chi connectivity index (χ0n) is 32.4. The van der Waals surface area contributed by atoms with Crippen LogP contribution in [0.15, 0.2) is 73.1 Å². The summed E-state index contributed by atoms with van der Waals surface area (Å²) in [4.78, 5) is 56.8. The lowest BCUT2D eigenvalue weighted by atomic mass is 9.98. The van der Waals surface area contributed by atoms with Crippen LogP contribution in [-0.2, 0) is 14.3 Å². The van der Waals surface area contributed by atoms with Gasteiger partial charge < -0.3 is 29.7 Å². The lowest BCUT2D eigenvalue weighted by molar-refractivity contribution is -0.135. The number of ether oxygens (including phenoxy) is 2. The fourth-order valence-electron chi connectivity index (χ4n) is 7.51. The number of rotatable bonds is 8. The molecule has 3 aromatic carbocycles. The van der Waals surface area contributed by atoms with Crippen LogP contribution in [0.5, 0.6) is 0 Å². The highest BCUT2D eigenvalue weighted by atomic mass is 19.3. The molecule has 0 unspecified atom stereocenters. The van der Waals surface area contributed by atoms with E-state index in [0.29, 0.717) is 18.1 Å². The number of amides is 3. The molecule has 2 saturated heterocycles. The van der Waals surface area contributed by atoms with E-state index in [1.807, 2.05) is 44.2 Å². The van der Waals surface area contributed by atoms with E-state index in [4.69, 9.17) is 9.47 Å². The van der Waals surface area contributed by atoms with Crippen molar-refractivity contribution < 1.29 is 32.6 Å². The van der Waals surface area contributed by atoms with Crippen molar-refractivity contribution in [3.8, 4) is 33.6 Å². The molecular weight excluding hydrogens is 721 g/mol. The predicted octanol–water partition coefficient (Wildman–Crippen LogP) is 8.65. The van der Waals surface area contributed by atoms with E-state index in [9.17, 15) is 23.2 Å². The summed E-state index contributed by atoms with van der Waals surface area (Å²) in [6.07, 6.45) is 3.03. The Labute approximate surface area is 324 Å². The second-order valence-electron chi connectivity index (χ2n) is 15.9. The van der Waals surface area contributed by atoms with Gasteiger partial charge in [0, 0.05) is 18.5 Å². The van der Waals surface area contributed by atoms with Crippen molar-refractivity contribution in [3.63, 3.8) is 0 Å². The number of halogens is 2. The van der Waals surface area contributed by atoms with E-state index in [2.05, 4.69) is 55.6 Å². The molecule has 4 heterocycles. The largest absolute Gasteiger partial charge is 0.453 e. The number of carbonyl (C=O) groups is 3. The van der Waals surface area contributed by atoms with Crippen LogP contribution in [0.25, 0.3) is 44.4 Å². The molecule has 2 aromatic heterocycles.